The van der Waals surface area contributed by atoms with Crippen LogP contribution in [0, 0.1) is 11.3 Å². The molecule has 0 aliphatic carbocycles. The van der Waals surface area contributed by atoms with Gasteiger partial charge in [0.2, 0.25) is 0 Å². The van der Waals surface area contributed by atoms with Crippen LogP contribution in [0.3, 0.4) is 0 Å². The van der Waals surface area contributed by atoms with E-state index in [1.807, 2.05) is 30.3 Å². The lowest BCUT2D eigenvalue weighted by molar-refractivity contribution is 0.476. The highest BCUT2D eigenvalue weighted by Crippen LogP contribution is 2.20. The smallest absolute Gasteiger partial charge is 0.262 e. The van der Waals surface area contributed by atoms with Crippen LogP contribution in [0.4, 0.5) is 0 Å². The van der Waals surface area contributed by atoms with Gasteiger partial charge < -0.3 is 4.42 Å². The van der Waals surface area contributed by atoms with Gasteiger partial charge in [-0.05, 0) is 37.1 Å². The maximum Gasteiger partial charge on any atom is 0.262 e. The minimum absolute atomic E-state index is 0.0588. The van der Waals surface area contributed by atoms with Crippen molar-refractivity contribution in [3.8, 4) is 6.07 Å². The molecule has 1 aromatic carbocycles. The van der Waals surface area contributed by atoms with Crippen molar-refractivity contribution in [2.24, 2.45) is 0 Å². The Balaban J connectivity index is 1.92. The molecule has 3 rings (SSSR count). The van der Waals surface area contributed by atoms with Crippen LogP contribution < -0.4 is 5.56 Å². The number of thioether (sulfide) groups is 1. The summed E-state index contributed by atoms with van der Waals surface area (Å²) in [5.41, 5.74) is 0.647. The first kappa shape index (κ1) is 16.3. The van der Waals surface area contributed by atoms with Crippen molar-refractivity contribution in [3.63, 3.8) is 0 Å². The van der Waals surface area contributed by atoms with Gasteiger partial charge in [-0.2, -0.15) is 5.26 Å². The lowest BCUT2D eigenvalue weighted by atomic mass is 10.2. The molecule has 0 spiro atoms. The molecule has 0 atom stereocenters. The van der Waals surface area contributed by atoms with E-state index in [-0.39, 0.29) is 5.56 Å². The second kappa shape index (κ2) is 7.84. The summed E-state index contributed by atoms with van der Waals surface area (Å²) in [6.45, 7) is 0.365. The lowest BCUT2D eigenvalue weighted by Crippen LogP contribution is -2.23. The van der Waals surface area contributed by atoms with E-state index < -0.39 is 0 Å². The van der Waals surface area contributed by atoms with E-state index in [1.54, 1.807) is 28.7 Å². The maximum atomic E-state index is 12.8. The van der Waals surface area contributed by atoms with Crippen molar-refractivity contribution < 1.29 is 4.42 Å². The molecule has 0 unspecified atom stereocenters. The number of para-hydroxylation sites is 1. The summed E-state index contributed by atoms with van der Waals surface area (Å²) >= 11 is 1.55. The summed E-state index contributed by atoms with van der Waals surface area (Å²) in [4.78, 5) is 17.5. The molecule has 3 aromatic rings. The van der Waals surface area contributed by atoms with E-state index in [0.29, 0.717) is 29.0 Å². The molecular weight excluding hydrogens is 322 g/mol. The van der Waals surface area contributed by atoms with Gasteiger partial charge in [0, 0.05) is 12.2 Å². The fourth-order valence-electron chi connectivity index (χ4n) is 2.43. The molecular formula is C18H17N3O2S. The summed E-state index contributed by atoms with van der Waals surface area (Å²) in [6, 6.07) is 13.2. The van der Waals surface area contributed by atoms with Crippen LogP contribution in [-0.4, -0.2) is 15.3 Å². The minimum atomic E-state index is -0.0588. The first-order chi connectivity index (χ1) is 11.8. The van der Waals surface area contributed by atoms with Crippen LogP contribution in [0.2, 0.25) is 0 Å². The summed E-state index contributed by atoms with van der Waals surface area (Å²) in [6.07, 6.45) is 3.94. The standard InChI is InChI=1S/C18H17N3O2S/c19-10-4-1-5-12-24-18-20-16-9-3-2-8-15(16)17(22)21(18)13-14-7-6-11-23-14/h2-3,6-9,11H,1,4-5,12-13H2. The Bertz CT molecular complexity index is 910. The summed E-state index contributed by atoms with van der Waals surface area (Å²) in [5, 5.41) is 9.90. The minimum Gasteiger partial charge on any atom is -0.467 e. The Morgan fingerprint density at radius 1 is 1.21 bits per heavy atom. The molecule has 24 heavy (non-hydrogen) atoms. The van der Waals surface area contributed by atoms with Gasteiger partial charge in [0.05, 0.1) is 29.8 Å². The van der Waals surface area contributed by atoms with Crippen LogP contribution in [0.15, 0.2) is 57.0 Å². The predicted molar refractivity (Wildman–Crippen MR) is 94.0 cm³/mol. The van der Waals surface area contributed by atoms with Crippen molar-refractivity contribution in [2.75, 3.05) is 5.75 Å². The number of hydrogen-bond acceptors (Lipinski definition) is 5. The SMILES string of the molecule is N#CCCCCSc1nc2ccccc2c(=O)n1Cc1ccco1. The average molecular weight is 339 g/mol. The lowest BCUT2D eigenvalue weighted by Gasteiger charge is -2.12. The molecule has 0 aliphatic rings. The van der Waals surface area contributed by atoms with Crippen LogP contribution >= 0.6 is 11.8 Å². The monoisotopic (exact) mass is 339 g/mol. The fraction of sp³-hybridized carbons (Fsp3) is 0.278. The highest BCUT2D eigenvalue weighted by molar-refractivity contribution is 7.99. The number of nitriles is 1. The average Bonchev–Trinajstić information content (AvgIpc) is 3.11. The molecule has 0 bridgehead atoms. The molecule has 0 fully saturated rings. The zero-order valence-electron chi connectivity index (χ0n) is 13.1. The zero-order chi connectivity index (χ0) is 16.8. The Hall–Kier alpha value is -2.52. The van der Waals surface area contributed by atoms with Gasteiger partial charge in [-0.1, -0.05) is 23.9 Å². The molecule has 0 N–H and O–H groups in total. The number of unbranched alkanes of at least 4 members (excludes halogenated alkanes) is 2. The third kappa shape index (κ3) is 3.69. The number of hydrogen-bond donors (Lipinski definition) is 0. The first-order valence-corrected chi connectivity index (χ1v) is 8.80. The van der Waals surface area contributed by atoms with E-state index in [0.717, 1.165) is 24.4 Å². The van der Waals surface area contributed by atoms with Crippen molar-refractivity contribution in [3.05, 3.63) is 58.8 Å². The van der Waals surface area contributed by atoms with Gasteiger partial charge in [-0.25, -0.2) is 4.98 Å². The van der Waals surface area contributed by atoms with Gasteiger partial charge in [-0.3, -0.25) is 9.36 Å². The summed E-state index contributed by atoms with van der Waals surface area (Å²) in [5.74, 6) is 1.55. The van der Waals surface area contributed by atoms with Crippen LogP contribution in [0.25, 0.3) is 10.9 Å². The van der Waals surface area contributed by atoms with E-state index >= 15 is 0 Å². The fourth-order valence-corrected chi connectivity index (χ4v) is 3.42. The van der Waals surface area contributed by atoms with Crippen molar-refractivity contribution in [2.45, 2.75) is 31.0 Å². The Labute approximate surface area is 143 Å². The largest absolute Gasteiger partial charge is 0.467 e. The molecule has 6 heteroatoms. The number of furan rings is 1. The second-order valence-electron chi connectivity index (χ2n) is 5.35. The maximum absolute atomic E-state index is 12.8. The van der Waals surface area contributed by atoms with Crippen molar-refractivity contribution in [1.82, 2.24) is 9.55 Å². The van der Waals surface area contributed by atoms with Gasteiger partial charge in [0.1, 0.15) is 5.76 Å². The number of nitrogens with zero attached hydrogens (tertiary/aromatic N) is 3. The molecule has 0 saturated carbocycles. The first-order valence-electron chi connectivity index (χ1n) is 7.81. The number of fused-ring (bicyclic) bond motifs is 1. The van der Waals surface area contributed by atoms with Crippen molar-refractivity contribution >= 4 is 22.7 Å². The van der Waals surface area contributed by atoms with Gasteiger partial charge >= 0.3 is 0 Å². The normalized spacial score (nSPS) is 10.8. The van der Waals surface area contributed by atoms with Crippen LogP contribution in [0.1, 0.15) is 25.0 Å². The van der Waals surface area contributed by atoms with Gasteiger partial charge in [0.25, 0.3) is 5.56 Å². The molecule has 0 saturated heterocycles. The molecule has 122 valence electrons. The number of rotatable bonds is 7. The topological polar surface area (TPSA) is 71.8 Å². The Kier molecular flexibility index (Phi) is 5.34. The third-order valence-corrected chi connectivity index (χ3v) is 4.70. The van der Waals surface area contributed by atoms with E-state index in [4.69, 9.17) is 9.68 Å². The van der Waals surface area contributed by atoms with Crippen LogP contribution in [-0.2, 0) is 6.54 Å². The second-order valence-corrected chi connectivity index (χ2v) is 6.41. The molecule has 5 nitrogen and oxygen atoms in total. The highest BCUT2D eigenvalue weighted by atomic mass is 32.2. The van der Waals surface area contributed by atoms with Gasteiger partial charge in [0.15, 0.2) is 5.16 Å². The van der Waals surface area contributed by atoms with Crippen LogP contribution in [0.5, 0.6) is 0 Å². The van der Waals surface area contributed by atoms with E-state index in [1.165, 1.54) is 0 Å². The number of benzene rings is 1. The molecule has 2 aromatic heterocycles. The predicted octanol–water partition coefficient (Wildman–Crippen LogP) is 3.82. The van der Waals surface area contributed by atoms with Crippen molar-refractivity contribution in [1.29, 1.82) is 5.26 Å². The quantitative estimate of drug-likeness (QED) is 0.372. The summed E-state index contributed by atoms with van der Waals surface area (Å²) < 4.78 is 7.05. The van der Waals surface area contributed by atoms with Gasteiger partial charge in [-0.15, -0.1) is 0 Å². The zero-order valence-corrected chi connectivity index (χ0v) is 14.0. The van der Waals surface area contributed by atoms with E-state index in [9.17, 15) is 4.79 Å². The molecule has 0 aliphatic heterocycles. The summed E-state index contributed by atoms with van der Waals surface area (Å²) in [7, 11) is 0. The number of aromatic nitrogens is 2. The molecule has 2 heterocycles. The third-order valence-electron chi connectivity index (χ3n) is 3.63. The molecule has 0 radical (unpaired) electrons. The van der Waals surface area contributed by atoms with E-state index in [2.05, 4.69) is 11.1 Å². The molecule has 0 amide bonds. The highest BCUT2D eigenvalue weighted by Gasteiger charge is 2.12. The Morgan fingerprint density at radius 3 is 2.88 bits per heavy atom. The Morgan fingerprint density at radius 2 is 2.08 bits per heavy atom.